The number of piperidine rings is 1. The maximum atomic E-state index is 5.35. The highest BCUT2D eigenvalue weighted by Gasteiger charge is 2.32. The number of ether oxygens (including phenoxy) is 1. The molecule has 0 aromatic rings. The van der Waals surface area contributed by atoms with Gasteiger partial charge in [-0.05, 0) is 52.6 Å². The van der Waals surface area contributed by atoms with Crippen molar-refractivity contribution in [1.82, 2.24) is 10.2 Å². The van der Waals surface area contributed by atoms with Crippen molar-refractivity contribution >= 4 is 0 Å². The second-order valence-corrected chi connectivity index (χ2v) is 5.44. The highest BCUT2D eigenvalue weighted by Crippen LogP contribution is 2.29. The van der Waals surface area contributed by atoms with E-state index in [0.717, 1.165) is 6.04 Å². The summed E-state index contributed by atoms with van der Waals surface area (Å²) in [5.41, 5.74) is 0. The van der Waals surface area contributed by atoms with Crippen molar-refractivity contribution < 1.29 is 4.74 Å². The summed E-state index contributed by atoms with van der Waals surface area (Å²) < 4.78 is 5.35. The first kappa shape index (κ1) is 12.3. The maximum Gasteiger partial charge on any atom is 0.0693 e. The van der Waals surface area contributed by atoms with Crippen molar-refractivity contribution in [2.45, 2.75) is 63.8 Å². The highest BCUT2D eigenvalue weighted by atomic mass is 16.5. The van der Waals surface area contributed by atoms with Gasteiger partial charge in [0, 0.05) is 25.2 Å². The van der Waals surface area contributed by atoms with Crippen LogP contribution in [0.3, 0.4) is 0 Å². The third kappa shape index (κ3) is 3.19. The summed E-state index contributed by atoms with van der Waals surface area (Å²) in [4.78, 5) is 2.67. The molecule has 2 atom stereocenters. The van der Waals surface area contributed by atoms with Gasteiger partial charge in [0.15, 0.2) is 0 Å². The van der Waals surface area contributed by atoms with Crippen LogP contribution in [0.25, 0.3) is 0 Å². The minimum Gasteiger partial charge on any atom is -0.380 e. The van der Waals surface area contributed by atoms with Crippen LogP contribution in [0, 0.1) is 0 Å². The molecule has 0 amide bonds. The maximum absolute atomic E-state index is 5.35. The van der Waals surface area contributed by atoms with Crippen molar-refractivity contribution in [3.63, 3.8) is 0 Å². The smallest absolute Gasteiger partial charge is 0.0693 e. The third-order valence-corrected chi connectivity index (χ3v) is 4.17. The zero-order chi connectivity index (χ0) is 11.5. The molecule has 1 saturated heterocycles. The summed E-state index contributed by atoms with van der Waals surface area (Å²) in [6, 6.07) is 2.10. The Morgan fingerprint density at radius 3 is 2.25 bits per heavy atom. The molecule has 1 N–H and O–H groups in total. The molecule has 1 heterocycles. The van der Waals surface area contributed by atoms with Crippen LogP contribution < -0.4 is 5.32 Å². The van der Waals surface area contributed by atoms with Crippen LogP contribution >= 0.6 is 0 Å². The van der Waals surface area contributed by atoms with Crippen molar-refractivity contribution in [2.24, 2.45) is 0 Å². The fraction of sp³-hybridized carbons (Fsp3) is 1.00. The second-order valence-electron chi connectivity index (χ2n) is 5.44. The van der Waals surface area contributed by atoms with Crippen LogP contribution in [-0.4, -0.2) is 49.3 Å². The Hall–Kier alpha value is -0.120. The van der Waals surface area contributed by atoms with Gasteiger partial charge < -0.3 is 15.0 Å². The van der Waals surface area contributed by atoms with Gasteiger partial charge in [-0.2, -0.15) is 0 Å². The van der Waals surface area contributed by atoms with Crippen molar-refractivity contribution in [3.8, 4) is 0 Å². The predicted octanol–water partition coefficient (Wildman–Crippen LogP) is 1.63. The lowest BCUT2D eigenvalue weighted by molar-refractivity contribution is 0.0778. The molecular formula is C13H26N2O. The van der Waals surface area contributed by atoms with Crippen molar-refractivity contribution in [2.75, 3.05) is 20.2 Å². The summed E-state index contributed by atoms with van der Waals surface area (Å²) in [6.45, 7) is 6.94. The lowest BCUT2D eigenvalue weighted by Crippen LogP contribution is -2.49. The molecule has 0 radical (unpaired) electrons. The van der Waals surface area contributed by atoms with Gasteiger partial charge in [0.1, 0.15) is 0 Å². The summed E-state index contributed by atoms with van der Waals surface area (Å²) in [7, 11) is 1.79. The van der Waals surface area contributed by atoms with Crippen LogP contribution in [0.2, 0.25) is 0 Å². The van der Waals surface area contributed by atoms with Gasteiger partial charge in [-0.15, -0.1) is 0 Å². The Bertz CT molecular complexity index is 210. The first-order chi connectivity index (χ1) is 7.70. The quantitative estimate of drug-likeness (QED) is 0.771. The Morgan fingerprint density at radius 2 is 1.75 bits per heavy atom. The SMILES string of the molecule is COC(C)C(C)NC1CCN(C2CC2)CC1. The molecule has 3 nitrogen and oxygen atoms in total. The number of methoxy groups -OCH3 is 1. The van der Waals surface area contributed by atoms with Crippen LogP contribution in [0.4, 0.5) is 0 Å². The van der Waals surface area contributed by atoms with E-state index < -0.39 is 0 Å². The first-order valence-electron chi connectivity index (χ1n) is 6.73. The molecule has 2 rings (SSSR count). The zero-order valence-corrected chi connectivity index (χ0v) is 10.9. The normalized spacial score (nSPS) is 27.9. The molecule has 2 aliphatic rings. The molecule has 1 saturated carbocycles. The van der Waals surface area contributed by atoms with Gasteiger partial charge in [-0.3, -0.25) is 0 Å². The molecule has 1 aliphatic carbocycles. The number of nitrogens with one attached hydrogen (secondary N) is 1. The van der Waals surface area contributed by atoms with Crippen LogP contribution in [0.15, 0.2) is 0 Å². The van der Waals surface area contributed by atoms with Gasteiger partial charge in [-0.25, -0.2) is 0 Å². The average molecular weight is 226 g/mol. The van der Waals surface area contributed by atoms with E-state index in [9.17, 15) is 0 Å². The molecule has 1 aliphatic heterocycles. The molecule has 0 spiro atoms. The van der Waals surface area contributed by atoms with Gasteiger partial charge in [0.05, 0.1) is 6.10 Å². The molecule has 3 heteroatoms. The fourth-order valence-corrected chi connectivity index (χ4v) is 2.58. The molecule has 0 aromatic heterocycles. The van der Waals surface area contributed by atoms with Crippen LogP contribution in [0.1, 0.15) is 39.5 Å². The largest absolute Gasteiger partial charge is 0.380 e. The molecule has 2 fully saturated rings. The number of hydrogen-bond acceptors (Lipinski definition) is 3. The van der Waals surface area contributed by atoms with E-state index in [1.165, 1.54) is 38.8 Å². The molecule has 16 heavy (non-hydrogen) atoms. The number of hydrogen-bond donors (Lipinski definition) is 1. The van der Waals surface area contributed by atoms with Crippen LogP contribution in [0.5, 0.6) is 0 Å². The zero-order valence-electron chi connectivity index (χ0n) is 10.9. The van der Waals surface area contributed by atoms with E-state index >= 15 is 0 Å². The summed E-state index contributed by atoms with van der Waals surface area (Å²) in [5, 5.41) is 3.70. The standard InChI is InChI=1S/C13H26N2O/c1-10(11(2)16-3)14-12-6-8-15(9-7-12)13-4-5-13/h10-14H,4-9H2,1-3H3. The number of nitrogens with zero attached hydrogens (tertiary/aromatic N) is 1. The highest BCUT2D eigenvalue weighted by molar-refractivity contribution is 4.89. The topological polar surface area (TPSA) is 24.5 Å². The third-order valence-electron chi connectivity index (χ3n) is 4.17. The van der Waals surface area contributed by atoms with E-state index in [-0.39, 0.29) is 0 Å². The second kappa shape index (κ2) is 5.48. The van der Waals surface area contributed by atoms with Gasteiger partial charge >= 0.3 is 0 Å². The van der Waals surface area contributed by atoms with E-state index in [1.54, 1.807) is 7.11 Å². The Morgan fingerprint density at radius 1 is 1.12 bits per heavy atom. The predicted molar refractivity (Wildman–Crippen MR) is 66.7 cm³/mol. The van der Waals surface area contributed by atoms with Gasteiger partial charge in [0.25, 0.3) is 0 Å². The van der Waals surface area contributed by atoms with E-state index in [1.807, 2.05) is 0 Å². The Labute approximate surface area is 99.5 Å². The monoisotopic (exact) mass is 226 g/mol. The fourth-order valence-electron chi connectivity index (χ4n) is 2.58. The molecular weight excluding hydrogens is 200 g/mol. The van der Waals surface area contributed by atoms with E-state index in [4.69, 9.17) is 4.74 Å². The minimum atomic E-state index is 0.307. The number of rotatable bonds is 5. The summed E-state index contributed by atoms with van der Waals surface area (Å²) in [6.07, 6.45) is 5.79. The van der Waals surface area contributed by atoms with E-state index in [2.05, 4.69) is 24.1 Å². The van der Waals surface area contributed by atoms with Crippen molar-refractivity contribution in [3.05, 3.63) is 0 Å². The van der Waals surface area contributed by atoms with Gasteiger partial charge in [-0.1, -0.05) is 0 Å². The Kier molecular flexibility index (Phi) is 4.22. The summed E-state index contributed by atoms with van der Waals surface area (Å²) in [5.74, 6) is 0. The van der Waals surface area contributed by atoms with E-state index in [0.29, 0.717) is 18.2 Å². The molecule has 2 unspecified atom stereocenters. The Balaban J connectivity index is 1.67. The molecule has 0 aromatic carbocycles. The molecule has 94 valence electrons. The van der Waals surface area contributed by atoms with Crippen molar-refractivity contribution in [1.29, 1.82) is 0 Å². The summed E-state index contributed by atoms with van der Waals surface area (Å²) >= 11 is 0. The van der Waals surface area contributed by atoms with Gasteiger partial charge in [0.2, 0.25) is 0 Å². The lowest BCUT2D eigenvalue weighted by Gasteiger charge is -2.35. The van der Waals surface area contributed by atoms with Crippen LogP contribution in [-0.2, 0) is 4.74 Å². The lowest BCUT2D eigenvalue weighted by atomic mass is 10.0. The number of likely N-dealkylation sites (tertiary alicyclic amines) is 1. The first-order valence-corrected chi connectivity index (χ1v) is 6.73. The molecule has 0 bridgehead atoms. The minimum absolute atomic E-state index is 0.307. The average Bonchev–Trinajstić information content (AvgIpc) is 3.13.